The predicted molar refractivity (Wildman–Crippen MR) is 66.9 cm³/mol. The van der Waals surface area contributed by atoms with Crippen LogP contribution in [-0.4, -0.2) is 26.2 Å². The zero-order chi connectivity index (χ0) is 13.5. The number of hydrogen-bond acceptors (Lipinski definition) is 5. The molecule has 0 heterocycles. The van der Waals surface area contributed by atoms with Crippen molar-refractivity contribution in [3.8, 4) is 17.6 Å². The number of nitrogens with one attached hydrogen (secondary N) is 1. The second-order valence-corrected chi connectivity index (χ2v) is 3.29. The van der Waals surface area contributed by atoms with Crippen molar-refractivity contribution >= 4 is 18.1 Å². The maximum atomic E-state index is 11.2. The Kier molecular flexibility index (Phi) is 4.64. The van der Waals surface area contributed by atoms with E-state index >= 15 is 0 Å². The van der Waals surface area contributed by atoms with Crippen molar-refractivity contribution in [2.45, 2.75) is 0 Å². The third-order valence-electron chi connectivity index (χ3n) is 2.24. The summed E-state index contributed by atoms with van der Waals surface area (Å²) in [5, 5.41) is 15.7. The predicted octanol–water partition coefficient (Wildman–Crippen LogP) is 1.83. The van der Waals surface area contributed by atoms with E-state index in [1.165, 1.54) is 20.3 Å². The first-order chi connectivity index (χ1) is 8.65. The van der Waals surface area contributed by atoms with Gasteiger partial charge in [-0.2, -0.15) is 5.26 Å². The Morgan fingerprint density at radius 3 is 2.50 bits per heavy atom. The summed E-state index contributed by atoms with van der Waals surface area (Å²) >= 11 is 0. The van der Waals surface area contributed by atoms with Crippen LogP contribution in [0.5, 0.6) is 11.5 Å². The normalized spacial score (nSPS) is 10.4. The Bertz CT molecular complexity index is 542. The first kappa shape index (κ1) is 13.5. The molecule has 0 amide bonds. The van der Waals surface area contributed by atoms with Gasteiger partial charge in [0.2, 0.25) is 5.78 Å². The Morgan fingerprint density at radius 1 is 1.33 bits per heavy atom. The highest BCUT2D eigenvalue weighted by molar-refractivity contribution is 6.36. The van der Waals surface area contributed by atoms with Crippen molar-refractivity contribution in [1.82, 2.24) is 0 Å². The van der Waals surface area contributed by atoms with Crippen molar-refractivity contribution in [3.05, 3.63) is 29.3 Å². The van der Waals surface area contributed by atoms with Gasteiger partial charge in [-0.15, -0.1) is 0 Å². The van der Waals surface area contributed by atoms with E-state index in [2.05, 4.69) is 0 Å². The summed E-state index contributed by atoms with van der Waals surface area (Å²) in [5.41, 5.74) is 0.525. The van der Waals surface area contributed by atoms with Gasteiger partial charge in [0.05, 0.1) is 20.4 Å². The van der Waals surface area contributed by atoms with E-state index in [1.807, 2.05) is 0 Å². The summed E-state index contributed by atoms with van der Waals surface area (Å²) in [4.78, 5) is 11.2. The molecule has 92 valence electrons. The van der Waals surface area contributed by atoms with E-state index in [-0.39, 0.29) is 5.57 Å². The molecule has 0 spiro atoms. The fraction of sp³-hybridized carbons (Fsp3) is 0.154. The highest BCUT2D eigenvalue weighted by Gasteiger charge is 2.07. The standard InChI is InChI=1S/C13H12N2O3/c1-17-12-4-3-9(6-13(12)18-2)5-10(7-14)11(16)8-15/h3-6,8,15H,1-2H3. The molecule has 0 atom stereocenters. The number of benzene rings is 1. The minimum absolute atomic E-state index is 0.0998. The highest BCUT2D eigenvalue weighted by atomic mass is 16.5. The lowest BCUT2D eigenvalue weighted by atomic mass is 10.1. The van der Waals surface area contributed by atoms with Crippen molar-refractivity contribution in [2.75, 3.05) is 14.2 Å². The van der Waals surface area contributed by atoms with Gasteiger partial charge in [0, 0.05) is 0 Å². The van der Waals surface area contributed by atoms with Crippen molar-refractivity contribution in [3.63, 3.8) is 0 Å². The number of ketones is 1. The van der Waals surface area contributed by atoms with Gasteiger partial charge in [0.15, 0.2) is 11.5 Å². The molecule has 1 aromatic rings. The lowest BCUT2D eigenvalue weighted by Crippen LogP contribution is -2.00. The van der Waals surface area contributed by atoms with E-state index < -0.39 is 5.78 Å². The van der Waals surface area contributed by atoms with E-state index in [0.29, 0.717) is 23.3 Å². The van der Waals surface area contributed by atoms with Gasteiger partial charge < -0.3 is 14.9 Å². The summed E-state index contributed by atoms with van der Waals surface area (Å²) in [6.07, 6.45) is 2.01. The Labute approximate surface area is 105 Å². The first-order valence-corrected chi connectivity index (χ1v) is 5.05. The Hall–Kier alpha value is -2.61. The average molecular weight is 244 g/mol. The molecular formula is C13H12N2O3. The van der Waals surface area contributed by atoms with Crippen LogP contribution in [0.25, 0.3) is 6.08 Å². The van der Waals surface area contributed by atoms with Gasteiger partial charge in [-0.25, -0.2) is 0 Å². The Morgan fingerprint density at radius 2 is 2.00 bits per heavy atom. The van der Waals surface area contributed by atoms with Gasteiger partial charge >= 0.3 is 0 Å². The smallest absolute Gasteiger partial charge is 0.213 e. The number of nitriles is 1. The topological polar surface area (TPSA) is 83.2 Å². The third kappa shape index (κ3) is 2.95. The second-order valence-electron chi connectivity index (χ2n) is 3.29. The monoisotopic (exact) mass is 244 g/mol. The van der Waals surface area contributed by atoms with Crippen molar-refractivity contribution < 1.29 is 14.3 Å². The molecule has 0 bridgehead atoms. The second kappa shape index (κ2) is 6.21. The summed E-state index contributed by atoms with van der Waals surface area (Å²) in [5.74, 6) is 0.435. The molecule has 1 N–H and O–H groups in total. The fourth-order valence-electron chi connectivity index (χ4n) is 1.35. The van der Waals surface area contributed by atoms with E-state index in [9.17, 15) is 4.79 Å². The molecule has 18 heavy (non-hydrogen) atoms. The van der Waals surface area contributed by atoms with E-state index in [1.54, 1.807) is 24.3 Å². The minimum Gasteiger partial charge on any atom is -0.493 e. The highest BCUT2D eigenvalue weighted by Crippen LogP contribution is 2.28. The van der Waals surface area contributed by atoms with Crippen LogP contribution in [0.2, 0.25) is 0 Å². The van der Waals surface area contributed by atoms with Crippen LogP contribution < -0.4 is 9.47 Å². The molecular weight excluding hydrogens is 232 g/mol. The molecule has 0 fully saturated rings. The van der Waals surface area contributed by atoms with Crippen LogP contribution in [0.4, 0.5) is 0 Å². The SMILES string of the molecule is COc1ccc(C=C(C#N)C(=O)C=N)cc1OC. The molecule has 0 aliphatic rings. The van der Waals surface area contributed by atoms with Gasteiger partial charge in [-0.05, 0) is 23.8 Å². The van der Waals surface area contributed by atoms with Gasteiger partial charge in [0.25, 0.3) is 0 Å². The maximum absolute atomic E-state index is 11.2. The van der Waals surface area contributed by atoms with Gasteiger partial charge in [0.1, 0.15) is 11.6 Å². The number of hydrogen-bond donors (Lipinski definition) is 1. The molecule has 1 rings (SSSR count). The first-order valence-electron chi connectivity index (χ1n) is 5.05. The number of methoxy groups -OCH3 is 2. The molecule has 0 radical (unpaired) electrons. The maximum Gasteiger partial charge on any atom is 0.213 e. The largest absolute Gasteiger partial charge is 0.493 e. The molecule has 0 saturated heterocycles. The number of nitrogens with zero attached hydrogens (tertiary/aromatic N) is 1. The number of ether oxygens (including phenoxy) is 2. The van der Waals surface area contributed by atoms with Crippen LogP contribution in [0, 0.1) is 16.7 Å². The number of allylic oxidation sites excluding steroid dienone is 1. The van der Waals surface area contributed by atoms with E-state index in [4.69, 9.17) is 20.1 Å². The number of rotatable bonds is 5. The van der Waals surface area contributed by atoms with Crippen LogP contribution >= 0.6 is 0 Å². The lowest BCUT2D eigenvalue weighted by Gasteiger charge is -2.07. The minimum atomic E-state index is -0.632. The summed E-state index contributed by atoms with van der Waals surface area (Å²) in [7, 11) is 3.02. The molecule has 0 aliphatic carbocycles. The summed E-state index contributed by atoms with van der Waals surface area (Å²) in [6.45, 7) is 0. The van der Waals surface area contributed by atoms with Crippen LogP contribution in [0.1, 0.15) is 5.56 Å². The van der Waals surface area contributed by atoms with Gasteiger partial charge in [-0.3, -0.25) is 4.79 Å². The molecule has 0 unspecified atom stereocenters. The molecule has 0 saturated carbocycles. The van der Waals surface area contributed by atoms with Crippen LogP contribution in [0.15, 0.2) is 23.8 Å². The molecule has 0 aromatic heterocycles. The van der Waals surface area contributed by atoms with Crippen LogP contribution in [0.3, 0.4) is 0 Å². The zero-order valence-corrected chi connectivity index (χ0v) is 10.1. The Balaban J connectivity index is 3.19. The quantitative estimate of drug-likeness (QED) is 0.486. The van der Waals surface area contributed by atoms with Crippen molar-refractivity contribution in [2.24, 2.45) is 0 Å². The fourth-order valence-corrected chi connectivity index (χ4v) is 1.35. The van der Waals surface area contributed by atoms with Crippen molar-refractivity contribution in [1.29, 1.82) is 10.7 Å². The number of Topliss-reactive ketones (excluding diaryl/α,β-unsaturated/α-hetero) is 1. The summed E-state index contributed by atoms with van der Waals surface area (Å²) < 4.78 is 10.2. The number of carbonyl (C=O) groups excluding carboxylic acids is 1. The summed E-state index contributed by atoms with van der Waals surface area (Å²) in [6, 6.07) is 6.77. The van der Waals surface area contributed by atoms with Gasteiger partial charge in [-0.1, -0.05) is 6.07 Å². The third-order valence-corrected chi connectivity index (χ3v) is 2.24. The molecule has 0 aliphatic heterocycles. The van der Waals surface area contributed by atoms with E-state index in [0.717, 1.165) is 0 Å². The van der Waals surface area contributed by atoms with Crippen LogP contribution in [-0.2, 0) is 4.79 Å². The molecule has 5 nitrogen and oxygen atoms in total. The molecule has 5 heteroatoms. The lowest BCUT2D eigenvalue weighted by molar-refractivity contribution is -0.109. The zero-order valence-electron chi connectivity index (χ0n) is 10.1. The molecule has 1 aromatic carbocycles. The number of carbonyl (C=O) groups is 1. The average Bonchev–Trinajstić information content (AvgIpc) is 2.43.